The zero-order chi connectivity index (χ0) is 25.1. The molecule has 0 bridgehead atoms. The molecule has 1 saturated heterocycles. The van der Waals surface area contributed by atoms with Gasteiger partial charge in [-0.2, -0.15) is 0 Å². The van der Waals surface area contributed by atoms with Crippen molar-refractivity contribution in [1.29, 1.82) is 0 Å². The molecule has 0 radical (unpaired) electrons. The summed E-state index contributed by atoms with van der Waals surface area (Å²) in [5.74, 6) is 0.760. The van der Waals surface area contributed by atoms with Gasteiger partial charge in [0.25, 0.3) is 0 Å². The fourth-order valence-electron chi connectivity index (χ4n) is 5.20. The molecule has 37 heavy (non-hydrogen) atoms. The minimum Gasteiger partial charge on any atom is -0.481 e. The largest absolute Gasteiger partial charge is 0.481 e. The van der Waals surface area contributed by atoms with E-state index in [0.29, 0.717) is 29.2 Å². The Bertz CT molecular complexity index is 1550. The van der Waals surface area contributed by atoms with Crippen LogP contribution in [0.4, 0.5) is 4.39 Å². The van der Waals surface area contributed by atoms with E-state index in [4.69, 9.17) is 14.0 Å². The Kier molecular flexibility index (Phi) is 4.87. The first-order chi connectivity index (χ1) is 18.0. The molecule has 2 aromatic carbocycles. The number of rotatable bonds is 4. The Balaban J connectivity index is 1.32. The van der Waals surface area contributed by atoms with Gasteiger partial charge in [0, 0.05) is 11.8 Å². The third-order valence-corrected chi connectivity index (χ3v) is 7.21. The van der Waals surface area contributed by atoms with Crippen LogP contribution in [0.15, 0.2) is 70.6 Å². The first-order valence-electron chi connectivity index (χ1n) is 12.2. The maximum atomic E-state index is 13.7. The molecule has 2 aliphatic heterocycles. The van der Waals surface area contributed by atoms with Crippen molar-refractivity contribution in [2.24, 2.45) is 5.16 Å². The number of hydrogen-bond donors (Lipinski definition) is 1. The number of oxazole rings is 1. The van der Waals surface area contributed by atoms with Crippen LogP contribution in [-0.2, 0) is 9.57 Å². The molecular weight excluding hydrogens is 477 g/mol. The molecule has 1 N–H and O–H groups in total. The van der Waals surface area contributed by atoms with E-state index in [9.17, 15) is 9.50 Å². The quantitative estimate of drug-likeness (QED) is 0.449. The summed E-state index contributed by atoms with van der Waals surface area (Å²) in [6.07, 6.45) is 8.22. The van der Waals surface area contributed by atoms with Gasteiger partial charge in [-0.25, -0.2) is 14.4 Å². The zero-order valence-electron chi connectivity index (χ0n) is 20.0. The fourth-order valence-corrected chi connectivity index (χ4v) is 5.20. The SMILES string of the molecule is Cc1cn(-c2ccc(/C=C3\OC4(CC4)CN4C3=NOC(CO)C4c3ccc(F)cc3)c3ocnc23)cn1. The Morgan fingerprint density at radius 3 is 2.73 bits per heavy atom. The lowest BCUT2D eigenvalue weighted by molar-refractivity contribution is -0.0711. The molecule has 0 amide bonds. The van der Waals surface area contributed by atoms with E-state index in [-0.39, 0.29) is 24.1 Å². The van der Waals surface area contributed by atoms with Gasteiger partial charge in [-0.1, -0.05) is 17.3 Å². The van der Waals surface area contributed by atoms with Crippen LogP contribution < -0.4 is 0 Å². The Morgan fingerprint density at radius 2 is 2.00 bits per heavy atom. The molecule has 1 spiro atoms. The van der Waals surface area contributed by atoms with E-state index >= 15 is 0 Å². The van der Waals surface area contributed by atoms with Gasteiger partial charge in [0.1, 0.15) is 16.9 Å². The van der Waals surface area contributed by atoms with Crippen molar-refractivity contribution < 1.29 is 23.5 Å². The van der Waals surface area contributed by atoms with Crippen LogP contribution in [0.1, 0.15) is 35.7 Å². The molecule has 4 heterocycles. The molecule has 2 atom stereocenters. The molecule has 2 fully saturated rings. The van der Waals surface area contributed by atoms with Gasteiger partial charge in [-0.3, -0.25) is 0 Å². The highest BCUT2D eigenvalue weighted by atomic mass is 19.1. The first-order valence-corrected chi connectivity index (χ1v) is 12.2. The molecule has 2 unspecified atom stereocenters. The average molecular weight is 502 g/mol. The molecule has 1 aliphatic carbocycles. The van der Waals surface area contributed by atoms with E-state index in [1.165, 1.54) is 18.5 Å². The first kappa shape index (κ1) is 22.1. The number of aliphatic hydroxyl groups excluding tert-OH is 1. The number of amidine groups is 1. The van der Waals surface area contributed by atoms with Crippen molar-refractivity contribution in [2.45, 2.75) is 37.5 Å². The molecule has 3 aliphatic rings. The number of aromatic nitrogens is 3. The number of aryl methyl sites for hydroxylation is 1. The van der Waals surface area contributed by atoms with Gasteiger partial charge < -0.3 is 28.6 Å². The van der Waals surface area contributed by atoms with Gasteiger partial charge in [-0.05, 0) is 55.7 Å². The fraction of sp³-hybridized carbons (Fsp3) is 0.296. The molecule has 2 aromatic heterocycles. The van der Waals surface area contributed by atoms with E-state index in [0.717, 1.165) is 35.3 Å². The Labute approximate surface area is 211 Å². The maximum absolute atomic E-state index is 13.7. The summed E-state index contributed by atoms with van der Waals surface area (Å²) in [5, 5.41) is 14.4. The van der Waals surface area contributed by atoms with Crippen molar-refractivity contribution in [2.75, 3.05) is 13.2 Å². The van der Waals surface area contributed by atoms with Gasteiger partial charge in [-0.15, -0.1) is 0 Å². The highest BCUT2D eigenvalue weighted by Crippen LogP contribution is 2.49. The number of aliphatic hydroxyl groups is 1. The number of halogens is 1. The van der Waals surface area contributed by atoms with Crippen molar-refractivity contribution in [1.82, 2.24) is 19.4 Å². The van der Waals surface area contributed by atoms with Gasteiger partial charge in [0.15, 0.2) is 23.8 Å². The van der Waals surface area contributed by atoms with Crippen LogP contribution in [0.5, 0.6) is 0 Å². The van der Waals surface area contributed by atoms with Crippen molar-refractivity contribution >= 4 is 23.0 Å². The summed E-state index contributed by atoms with van der Waals surface area (Å²) in [6, 6.07) is 9.86. The number of morpholine rings is 1. The summed E-state index contributed by atoms with van der Waals surface area (Å²) in [4.78, 5) is 16.6. The van der Waals surface area contributed by atoms with Crippen LogP contribution in [0.2, 0.25) is 0 Å². The average Bonchev–Trinajstić information content (AvgIpc) is 3.27. The van der Waals surface area contributed by atoms with Crippen molar-refractivity contribution in [3.63, 3.8) is 0 Å². The Morgan fingerprint density at radius 1 is 1.16 bits per heavy atom. The Hall–Kier alpha value is -4.18. The molecule has 4 aromatic rings. The summed E-state index contributed by atoms with van der Waals surface area (Å²) in [6.45, 7) is 2.31. The van der Waals surface area contributed by atoms with E-state index in [1.807, 2.05) is 35.9 Å². The van der Waals surface area contributed by atoms with Gasteiger partial charge in [0.2, 0.25) is 5.84 Å². The number of fused-ring (bicyclic) bond motifs is 2. The van der Waals surface area contributed by atoms with E-state index < -0.39 is 6.10 Å². The molecular formula is C27H24FN5O4. The molecule has 7 rings (SSSR count). The van der Waals surface area contributed by atoms with Gasteiger partial charge >= 0.3 is 0 Å². The third-order valence-electron chi connectivity index (χ3n) is 7.21. The van der Waals surface area contributed by atoms with E-state index in [2.05, 4.69) is 20.0 Å². The lowest BCUT2D eigenvalue weighted by Gasteiger charge is -2.46. The monoisotopic (exact) mass is 501 g/mol. The van der Waals surface area contributed by atoms with Crippen LogP contribution in [0.3, 0.4) is 0 Å². The predicted molar refractivity (Wildman–Crippen MR) is 132 cm³/mol. The summed E-state index contributed by atoms with van der Waals surface area (Å²) < 4.78 is 27.9. The number of ether oxygens (including phenoxy) is 1. The highest BCUT2D eigenvalue weighted by Gasteiger charge is 2.55. The normalized spacial score (nSPS) is 23.1. The second-order valence-electron chi connectivity index (χ2n) is 9.79. The smallest absolute Gasteiger partial charge is 0.211 e. The minimum absolute atomic E-state index is 0.226. The van der Waals surface area contributed by atoms with E-state index in [1.54, 1.807) is 18.5 Å². The molecule has 1 saturated carbocycles. The maximum Gasteiger partial charge on any atom is 0.211 e. The standard InChI is InChI=1S/C27H24FN5O4/c1-16-11-32(14-29-16)20-7-4-18(25-23(20)30-15-35-25)10-21-26-31-37-22(12-34)24(17-2-5-19(28)6-3-17)33(26)13-27(36-21)8-9-27/h2-7,10-11,14-15,22,24,34H,8-9,12-13H2,1H3/b21-10-. The second-order valence-corrected chi connectivity index (χ2v) is 9.79. The van der Waals surface area contributed by atoms with Gasteiger partial charge in [0.05, 0.1) is 36.9 Å². The van der Waals surface area contributed by atoms with Crippen LogP contribution >= 0.6 is 0 Å². The summed E-state index contributed by atoms with van der Waals surface area (Å²) >= 11 is 0. The lowest BCUT2D eigenvalue weighted by atomic mass is 9.97. The zero-order valence-corrected chi connectivity index (χ0v) is 20.0. The minimum atomic E-state index is -0.594. The summed E-state index contributed by atoms with van der Waals surface area (Å²) in [7, 11) is 0. The topological polar surface area (TPSA) is 98.1 Å². The van der Waals surface area contributed by atoms with Crippen LogP contribution in [0.25, 0.3) is 22.9 Å². The van der Waals surface area contributed by atoms with Crippen LogP contribution in [0, 0.1) is 12.7 Å². The number of hydrogen-bond acceptors (Lipinski definition) is 8. The number of nitrogens with zero attached hydrogens (tertiary/aromatic N) is 5. The predicted octanol–water partition coefficient (Wildman–Crippen LogP) is 4.11. The number of oxime groups is 1. The third kappa shape index (κ3) is 3.67. The van der Waals surface area contributed by atoms with Crippen molar-refractivity contribution in [3.05, 3.63) is 83.7 Å². The molecule has 10 heteroatoms. The molecule has 188 valence electrons. The second kappa shape index (κ2) is 8.17. The van der Waals surface area contributed by atoms with Crippen LogP contribution in [-0.4, -0.2) is 55.2 Å². The lowest BCUT2D eigenvalue weighted by Crippen LogP contribution is -2.54. The van der Waals surface area contributed by atoms with Crippen molar-refractivity contribution in [3.8, 4) is 5.69 Å². The number of benzene rings is 2. The summed E-state index contributed by atoms with van der Waals surface area (Å²) in [5.41, 5.74) is 4.36. The number of imidazole rings is 1. The molecule has 9 nitrogen and oxygen atoms in total. The highest BCUT2D eigenvalue weighted by molar-refractivity contribution is 6.03.